The summed E-state index contributed by atoms with van der Waals surface area (Å²) >= 11 is 3.17. The van der Waals surface area contributed by atoms with Gasteiger partial charge in [-0.15, -0.1) is 0 Å². The Morgan fingerprint density at radius 1 is 1.06 bits per heavy atom. The van der Waals surface area contributed by atoms with Crippen molar-refractivity contribution in [2.24, 2.45) is 0 Å². The van der Waals surface area contributed by atoms with E-state index in [4.69, 9.17) is 0 Å². The smallest absolute Gasteiger partial charge is 0.326 e. The molecular weight excluding hydrogens is 478 g/mol. The van der Waals surface area contributed by atoms with E-state index in [-0.39, 0.29) is 30.6 Å². The molecule has 0 aliphatic carbocycles. The Labute approximate surface area is 187 Å². The van der Waals surface area contributed by atoms with Gasteiger partial charge in [0.25, 0.3) is 0 Å². The van der Waals surface area contributed by atoms with E-state index >= 15 is 0 Å². The zero-order valence-electron chi connectivity index (χ0n) is 17.1. The molecule has 168 valence electrons. The predicted octanol–water partition coefficient (Wildman–Crippen LogP) is 4.93. The second kappa shape index (κ2) is 10.1. The maximum Gasteiger partial charge on any atom is 0.416 e. The van der Waals surface area contributed by atoms with Crippen LogP contribution in [-0.2, 0) is 23.9 Å². The number of hydrogen-bond donors (Lipinski definition) is 1. The molecule has 0 atom stereocenters. The minimum Gasteiger partial charge on any atom is -0.326 e. The van der Waals surface area contributed by atoms with E-state index in [1.165, 1.54) is 18.2 Å². The molecule has 2 aromatic rings. The molecule has 1 saturated heterocycles. The highest BCUT2D eigenvalue weighted by molar-refractivity contribution is 9.10. The summed E-state index contributed by atoms with van der Waals surface area (Å²) < 4.78 is 55.4. The molecule has 9 heteroatoms. The van der Waals surface area contributed by atoms with E-state index in [0.29, 0.717) is 23.1 Å². The summed E-state index contributed by atoms with van der Waals surface area (Å²) in [7, 11) is 1.99. The number of halogens is 5. The zero-order valence-corrected chi connectivity index (χ0v) is 18.7. The topological polar surface area (TPSA) is 35.6 Å². The number of nitrogens with zero attached hydrogens (tertiary/aromatic N) is 2. The normalized spacial score (nSPS) is 15.8. The van der Waals surface area contributed by atoms with Crippen LogP contribution >= 0.6 is 15.9 Å². The Morgan fingerprint density at radius 3 is 2.39 bits per heavy atom. The molecular formula is C22H24BrF4N3O. The molecule has 1 aliphatic rings. The minimum atomic E-state index is -4.52. The molecule has 3 rings (SSSR count). The first kappa shape index (κ1) is 23.7. The van der Waals surface area contributed by atoms with E-state index < -0.39 is 23.5 Å². The number of anilines is 1. The van der Waals surface area contributed by atoms with Crippen LogP contribution in [0.25, 0.3) is 0 Å². The molecule has 31 heavy (non-hydrogen) atoms. The van der Waals surface area contributed by atoms with Gasteiger partial charge in [0.2, 0.25) is 5.91 Å². The lowest BCUT2D eigenvalue weighted by Crippen LogP contribution is -2.44. The van der Waals surface area contributed by atoms with Gasteiger partial charge in [-0.05, 0) is 48.9 Å². The number of nitrogens with one attached hydrogen (secondary N) is 1. The molecule has 1 heterocycles. The lowest BCUT2D eigenvalue weighted by Gasteiger charge is -2.33. The van der Waals surface area contributed by atoms with Crippen LogP contribution in [0.1, 0.15) is 23.1 Å². The fourth-order valence-corrected chi connectivity index (χ4v) is 3.83. The van der Waals surface area contributed by atoms with E-state index in [9.17, 15) is 22.4 Å². The van der Waals surface area contributed by atoms with E-state index in [1.807, 2.05) is 11.9 Å². The van der Waals surface area contributed by atoms with Gasteiger partial charge in [0.05, 0.1) is 5.56 Å². The quantitative estimate of drug-likeness (QED) is 0.570. The van der Waals surface area contributed by atoms with Crippen molar-refractivity contribution in [2.45, 2.75) is 25.6 Å². The molecule has 1 N–H and O–H groups in total. The number of carbonyl (C=O) groups is 1. The fraction of sp³-hybridized carbons (Fsp3) is 0.409. The summed E-state index contributed by atoms with van der Waals surface area (Å²) in [5.41, 5.74) is -0.109. The summed E-state index contributed by atoms with van der Waals surface area (Å²) in [6.07, 6.45) is -4.41. The number of amides is 1. The van der Waals surface area contributed by atoms with Gasteiger partial charge in [0.15, 0.2) is 0 Å². The summed E-state index contributed by atoms with van der Waals surface area (Å²) in [6.45, 7) is 3.25. The van der Waals surface area contributed by atoms with Gasteiger partial charge in [0.1, 0.15) is 5.82 Å². The minimum absolute atomic E-state index is 0.0387. The number of alkyl halides is 3. The summed E-state index contributed by atoms with van der Waals surface area (Å²) in [6, 6.07) is 8.43. The van der Waals surface area contributed by atoms with E-state index in [0.717, 1.165) is 19.2 Å². The van der Waals surface area contributed by atoms with Crippen LogP contribution in [0.5, 0.6) is 0 Å². The van der Waals surface area contributed by atoms with Gasteiger partial charge in [-0.3, -0.25) is 9.69 Å². The third kappa shape index (κ3) is 6.75. The first-order valence-corrected chi connectivity index (χ1v) is 10.8. The average molecular weight is 502 g/mol. The maximum atomic E-state index is 13.9. The number of benzene rings is 2. The van der Waals surface area contributed by atoms with Crippen molar-refractivity contribution in [3.63, 3.8) is 0 Å². The molecule has 1 fully saturated rings. The molecule has 0 spiro atoms. The number of likely N-dealkylation sites (N-methyl/N-ethyl adjacent to an activating group) is 1. The van der Waals surface area contributed by atoms with Crippen molar-refractivity contribution in [1.82, 2.24) is 9.80 Å². The van der Waals surface area contributed by atoms with Crippen molar-refractivity contribution >= 4 is 27.5 Å². The van der Waals surface area contributed by atoms with Gasteiger partial charge < -0.3 is 10.2 Å². The lowest BCUT2D eigenvalue weighted by atomic mass is 10.0. The molecule has 0 radical (unpaired) electrons. The molecule has 1 aliphatic heterocycles. The fourth-order valence-electron chi connectivity index (χ4n) is 3.50. The van der Waals surface area contributed by atoms with Crippen molar-refractivity contribution in [1.29, 1.82) is 0 Å². The first-order chi connectivity index (χ1) is 14.6. The monoisotopic (exact) mass is 501 g/mol. The Hall–Kier alpha value is -1.97. The molecule has 2 aromatic carbocycles. The highest BCUT2D eigenvalue weighted by Gasteiger charge is 2.34. The second-order valence-electron chi connectivity index (χ2n) is 7.73. The average Bonchev–Trinajstić information content (AvgIpc) is 2.69. The zero-order chi connectivity index (χ0) is 22.6. The Balaban J connectivity index is 1.66. The van der Waals surface area contributed by atoms with Gasteiger partial charge in [-0.25, -0.2) is 4.39 Å². The summed E-state index contributed by atoms with van der Waals surface area (Å²) in [5.74, 6) is -0.906. The Morgan fingerprint density at radius 2 is 1.74 bits per heavy atom. The van der Waals surface area contributed by atoms with Crippen LogP contribution in [0.3, 0.4) is 0 Å². The number of piperazine rings is 1. The third-order valence-corrected chi connectivity index (χ3v) is 5.82. The second-order valence-corrected chi connectivity index (χ2v) is 8.65. The van der Waals surface area contributed by atoms with Crippen molar-refractivity contribution in [3.8, 4) is 0 Å². The molecule has 4 nitrogen and oxygen atoms in total. The van der Waals surface area contributed by atoms with Gasteiger partial charge in [-0.2, -0.15) is 13.2 Å². The molecule has 1 amide bonds. The predicted molar refractivity (Wildman–Crippen MR) is 115 cm³/mol. The summed E-state index contributed by atoms with van der Waals surface area (Å²) in [4.78, 5) is 16.4. The van der Waals surface area contributed by atoms with Crippen molar-refractivity contribution in [2.75, 3.05) is 38.5 Å². The van der Waals surface area contributed by atoms with Crippen LogP contribution in [0.2, 0.25) is 0 Å². The highest BCUT2D eigenvalue weighted by Crippen LogP contribution is 2.34. The highest BCUT2D eigenvalue weighted by atomic mass is 79.9. The maximum absolute atomic E-state index is 13.9. The van der Waals surface area contributed by atoms with E-state index in [2.05, 4.69) is 26.1 Å². The number of aryl methyl sites for hydroxylation is 1. The van der Waals surface area contributed by atoms with Crippen molar-refractivity contribution in [3.05, 3.63) is 63.4 Å². The summed E-state index contributed by atoms with van der Waals surface area (Å²) in [5, 5.41) is 2.50. The van der Waals surface area contributed by atoms with Crippen LogP contribution in [0.15, 0.2) is 40.9 Å². The molecule has 0 bridgehead atoms. The van der Waals surface area contributed by atoms with Crippen LogP contribution in [0.4, 0.5) is 23.2 Å². The van der Waals surface area contributed by atoms with Gasteiger partial charge >= 0.3 is 6.18 Å². The Kier molecular flexibility index (Phi) is 7.72. The third-order valence-electron chi connectivity index (χ3n) is 5.33. The standard InChI is InChI=1S/C22H24BrF4N3O/c1-29-8-10-30(11-9-29)14-16-3-6-18(13-19(16)22(25,26)27)28-21(31)7-4-15-2-5-17(23)12-20(15)24/h2-3,5-6,12-13H,4,7-11,14H2,1H3,(H,28,31). The number of carbonyl (C=O) groups excluding carboxylic acids is 1. The molecule has 0 saturated carbocycles. The van der Waals surface area contributed by atoms with Crippen LogP contribution in [-0.4, -0.2) is 48.9 Å². The van der Waals surface area contributed by atoms with Crippen molar-refractivity contribution < 1.29 is 22.4 Å². The largest absolute Gasteiger partial charge is 0.416 e. The molecule has 0 aromatic heterocycles. The number of rotatable bonds is 6. The lowest BCUT2D eigenvalue weighted by molar-refractivity contribution is -0.138. The van der Waals surface area contributed by atoms with Crippen LogP contribution in [0, 0.1) is 5.82 Å². The Bertz CT molecular complexity index is 927. The van der Waals surface area contributed by atoms with E-state index in [1.54, 1.807) is 12.1 Å². The van der Waals surface area contributed by atoms with Gasteiger partial charge in [-0.1, -0.05) is 28.1 Å². The van der Waals surface area contributed by atoms with Gasteiger partial charge in [0, 0.05) is 49.3 Å². The van der Waals surface area contributed by atoms with Crippen LogP contribution < -0.4 is 5.32 Å². The number of hydrogen-bond acceptors (Lipinski definition) is 3. The SMILES string of the molecule is CN1CCN(Cc2ccc(NC(=O)CCc3ccc(Br)cc3F)cc2C(F)(F)F)CC1. The first-order valence-electron chi connectivity index (χ1n) is 9.96. The molecule has 0 unspecified atom stereocenters.